The summed E-state index contributed by atoms with van der Waals surface area (Å²) in [5.74, 6) is -1.40. The molecule has 118 valence electrons. The zero-order valence-electron chi connectivity index (χ0n) is 12.4. The molecule has 6 nitrogen and oxygen atoms in total. The average molecular weight is 322 g/mol. The van der Waals surface area contributed by atoms with Crippen molar-refractivity contribution in [2.45, 2.75) is 42.4 Å². The number of benzene rings is 1. The molecule has 1 saturated carbocycles. The summed E-state index contributed by atoms with van der Waals surface area (Å²) in [7, 11) is 0. The third kappa shape index (κ3) is 4.00. The quantitative estimate of drug-likeness (QED) is 0.695. The molecule has 1 aromatic rings. The van der Waals surface area contributed by atoms with Crippen molar-refractivity contribution >= 4 is 35.2 Å². The van der Waals surface area contributed by atoms with Crippen molar-refractivity contribution in [1.82, 2.24) is 5.32 Å². The lowest BCUT2D eigenvalue weighted by atomic mass is 10.2. The van der Waals surface area contributed by atoms with Crippen molar-refractivity contribution < 1.29 is 19.5 Å². The van der Waals surface area contributed by atoms with Crippen molar-refractivity contribution in [3.63, 3.8) is 0 Å². The van der Waals surface area contributed by atoms with Gasteiger partial charge in [0.1, 0.15) is 5.54 Å². The zero-order valence-corrected chi connectivity index (χ0v) is 13.2. The summed E-state index contributed by atoms with van der Waals surface area (Å²) < 4.78 is 0. The second kappa shape index (κ2) is 6.39. The van der Waals surface area contributed by atoms with Crippen molar-refractivity contribution in [2.75, 3.05) is 5.32 Å². The second-order valence-electron chi connectivity index (χ2n) is 5.34. The third-order valence-electron chi connectivity index (χ3n) is 3.38. The zero-order chi connectivity index (χ0) is 16.3. The first-order valence-corrected chi connectivity index (χ1v) is 7.80. The van der Waals surface area contributed by atoms with Gasteiger partial charge >= 0.3 is 5.97 Å². The van der Waals surface area contributed by atoms with Gasteiger partial charge in [-0.3, -0.25) is 9.59 Å². The summed E-state index contributed by atoms with van der Waals surface area (Å²) >= 11 is 1.34. The molecule has 1 fully saturated rings. The predicted molar refractivity (Wildman–Crippen MR) is 83.8 cm³/mol. The predicted octanol–water partition coefficient (Wildman–Crippen LogP) is 1.86. The van der Waals surface area contributed by atoms with Crippen LogP contribution in [0.5, 0.6) is 0 Å². The van der Waals surface area contributed by atoms with E-state index in [4.69, 9.17) is 5.11 Å². The van der Waals surface area contributed by atoms with E-state index in [0.29, 0.717) is 18.5 Å². The van der Waals surface area contributed by atoms with E-state index in [1.54, 1.807) is 19.1 Å². The van der Waals surface area contributed by atoms with Crippen molar-refractivity contribution in [1.29, 1.82) is 0 Å². The molecule has 0 radical (unpaired) electrons. The minimum Gasteiger partial charge on any atom is -0.480 e. The molecule has 1 aliphatic rings. The molecule has 2 amide bonds. The first-order valence-electron chi connectivity index (χ1n) is 6.92. The number of hydrogen-bond acceptors (Lipinski definition) is 4. The van der Waals surface area contributed by atoms with Gasteiger partial charge in [0, 0.05) is 17.5 Å². The van der Waals surface area contributed by atoms with Gasteiger partial charge in [0.2, 0.25) is 11.8 Å². The van der Waals surface area contributed by atoms with Crippen LogP contribution in [-0.4, -0.2) is 33.7 Å². The van der Waals surface area contributed by atoms with Crippen LogP contribution in [0.15, 0.2) is 29.2 Å². The highest BCUT2D eigenvalue weighted by Crippen LogP contribution is 2.36. The standard InChI is InChI=1S/C15H18N2O4S/c1-9(13(19)17-15(7-8-15)14(20)21)22-12-5-3-11(4-6-12)16-10(2)18/h3-6,9H,7-8H2,1-2H3,(H,16,18)(H,17,19)(H,20,21). The second-order valence-corrected chi connectivity index (χ2v) is 6.76. The van der Waals surface area contributed by atoms with Gasteiger partial charge < -0.3 is 15.7 Å². The van der Waals surface area contributed by atoms with E-state index >= 15 is 0 Å². The number of aliphatic carboxylic acids is 1. The molecular formula is C15H18N2O4S. The maximum Gasteiger partial charge on any atom is 0.329 e. The lowest BCUT2D eigenvalue weighted by molar-refractivity contribution is -0.143. The number of carboxylic acids is 1. The van der Waals surface area contributed by atoms with Crippen LogP contribution in [-0.2, 0) is 14.4 Å². The number of rotatable bonds is 6. The maximum atomic E-state index is 12.1. The van der Waals surface area contributed by atoms with Crippen LogP contribution < -0.4 is 10.6 Å². The van der Waals surface area contributed by atoms with E-state index in [2.05, 4.69) is 10.6 Å². The Morgan fingerprint density at radius 1 is 1.23 bits per heavy atom. The highest BCUT2D eigenvalue weighted by molar-refractivity contribution is 8.00. The van der Waals surface area contributed by atoms with Gasteiger partial charge in [-0.1, -0.05) is 0 Å². The van der Waals surface area contributed by atoms with E-state index in [9.17, 15) is 14.4 Å². The van der Waals surface area contributed by atoms with Crippen molar-refractivity contribution in [3.8, 4) is 0 Å². The van der Waals surface area contributed by atoms with Gasteiger partial charge in [0.25, 0.3) is 0 Å². The van der Waals surface area contributed by atoms with Crippen LogP contribution in [0.3, 0.4) is 0 Å². The Balaban J connectivity index is 1.91. The molecule has 1 unspecified atom stereocenters. The number of nitrogens with one attached hydrogen (secondary N) is 2. The van der Waals surface area contributed by atoms with E-state index in [1.165, 1.54) is 18.7 Å². The van der Waals surface area contributed by atoms with E-state index in [-0.39, 0.29) is 11.8 Å². The first kappa shape index (κ1) is 16.4. The number of carbonyl (C=O) groups is 3. The fourth-order valence-electron chi connectivity index (χ4n) is 1.93. The Morgan fingerprint density at radius 2 is 1.82 bits per heavy atom. The summed E-state index contributed by atoms with van der Waals surface area (Å²) in [5.41, 5.74) is -0.363. The third-order valence-corrected chi connectivity index (χ3v) is 4.49. The summed E-state index contributed by atoms with van der Waals surface area (Å²) in [6, 6.07) is 7.13. The Morgan fingerprint density at radius 3 is 2.27 bits per heavy atom. The van der Waals surface area contributed by atoms with Crippen LogP contribution in [0, 0.1) is 0 Å². The molecule has 0 heterocycles. The molecule has 2 rings (SSSR count). The number of thioether (sulfide) groups is 1. The fraction of sp³-hybridized carbons (Fsp3) is 0.400. The van der Waals surface area contributed by atoms with Crippen molar-refractivity contribution in [2.24, 2.45) is 0 Å². The van der Waals surface area contributed by atoms with Crippen LogP contribution in [0.4, 0.5) is 5.69 Å². The van der Waals surface area contributed by atoms with E-state index < -0.39 is 16.8 Å². The molecule has 3 N–H and O–H groups in total. The normalized spacial score (nSPS) is 16.5. The molecule has 1 aromatic carbocycles. The van der Waals surface area contributed by atoms with E-state index in [1.807, 2.05) is 12.1 Å². The summed E-state index contributed by atoms with van der Waals surface area (Å²) in [6.07, 6.45) is 0.966. The smallest absolute Gasteiger partial charge is 0.329 e. The molecule has 1 aliphatic carbocycles. The monoisotopic (exact) mass is 322 g/mol. The van der Waals surface area contributed by atoms with E-state index in [0.717, 1.165) is 4.90 Å². The van der Waals surface area contributed by atoms with Gasteiger partial charge in [0.15, 0.2) is 0 Å². The molecule has 0 aromatic heterocycles. The number of amides is 2. The fourth-order valence-corrected chi connectivity index (χ4v) is 2.80. The van der Waals surface area contributed by atoms with Crippen molar-refractivity contribution in [3.05, 3.63) is 24.3 Å². The number of carboxylic acid groups (broad SMARTS) is 1. The van der Waals surface area contributed by atoms with Gasteiger partial charge in [-0.05, 0) is 44.0 Å². The van der Waals surface area contributed by atoms with Crippen LogP contribution in [0.25, 0.3) is 0 Å². The molecule has 22 heavy (non-hydrogen) atoms. The minimum absolute atomic E-state index is 0.142. The summed E-state index contributed by atoms with van der Waals surface area (Å²) in [4.78, 5) is 35.0. The SMILES string of the molecule is CC(=O)Nc1ccc(SC(C)C(=O)NC2(C(=O)O)CC2)cc1. The maximum absolute atomic E-state index is 12.1. The molecule has 0 saturated heterocycles. The summed E-state index contributed by atoms with van der Waals surface area (Å²) in [6.45, 7) is 3.17. The molecule has 1 atom stereocenters. The Hall–Kier alpha value is -2.02. The average Bonchev–Trinajstić information content (AvgIpc) is 3.21. The highest BCUT2D eigenvalue weighted by Gasteiger charge is 2.52. The molecule has 0 spiro atoms. The highest BCUT2D eigenvalue weighted by atomic mass is 32.2. The van der Waals surface area contributed by atoms with Crippen LogP contribution in [0.2, 0.25) is 0 Å². The Bertz CT molecular complexity index is 596. The number of anilines is 1. The summed E-state index contributed by atoms with van der Waals surface area (Å²) in [5, 5.41) is 13.9. The molecule has 7 heteroatoms. The number of carbonyl (C=O) groups excluding carboxylic acids is 2. The van der Waals surface area contributed by atoms with Crippen LogP contribution >= 0.6 is 11.8 Å². The van der Waals surface area contributed by atoms with Gasteiger partial charge in [-0.25, -0.2) is 4.79 Å². The van der Waals surface area contributed by atoms with Gasteiger partial charge in [-0.2, -0.15) is 0 Å². The Labute approximate surface area is 132 Å². The molecule has 0 bridgehead atoms. The lowest BCUT2D eigenvalue weighted by Gasteiger charge is -2.16. The number of hydrogen-bond donors (Lipinski definition) is 3. The van der Waals surface area contributed by atoms with Gasteiger partial charge in [-0.15, -0.1) is 11.8 Å². The topological polar surface area (TPSA) is 95.5 Å². The molecular weight excluding hydrogens is 304 g/mol. The largest absolute Gasteiger partial charge is 0.480 e. The Kier molecular flexibility index (Phi) is 4.75. The molecule has 0 aliphatic heterocycles. The first-order chi connectivity index (χ1) is 10.3. The minimum atomic E-state index is -1.05. The van der Waals surface area contributed by atoms with Crippen LogP contribution in [0.1, 0.15) is 26.7 Å². The lowest BCUT2D eigenvalue weighted by Crippen LogP contribution is -2.46. The van der Waals surface area contributed by atoms with Gasteiger partial charge in [0.05, 0.1) is 5.25 Å².